The quantitative estimate of drug-likeness (QED) is 0.0501. The number of hydrogen-bond donors (Lipinski definition) is 0. The van der Waals surface area contributed by atoms with Crippen molar-refractivity contribution in [1.29, 1.82) is 0 Å². The molecule has 4 nitrogen and oxygen atoms in total. The van der Waals surface area contributed by atoms with Crippen molar-refractivity contribution in [2.75, 3.05) is 0 Å². The normalized spacial score (nSPS) is 11.5. The highest BCUT2D eigenvalue weighted by molar-refractivity contribution is 14.1. The lowest BCUT2D eigenvalue weighted by Gasteiger charge is -2.20. The lowest BCUT2D eigenvalue weighted by molar-refractivity contribution is 0.0716. The molecule has 0 aromatic heterocycles. The molecule has 0 amide bonds. The number of carbonyl (C=O) groups excluding carboxylic acids is 2. The number of esters is 2. The minimum absolute atomic E-state index is 0.112. The summed E-state index contributed by atoms with van der Waals surface area (Å²) in [5.41, 5.74) is 0.159. The molecule has 0 saturated carbocycles. The molecule has 0 fully saturated rings. The van der Waals surface area contributed by atoms with E-state index in [1.165, 1.54) is 30.3 Å². The first-order valence-corrected chi connectivity index (χ1v) is 18.8. The van der Waals surface area contributed by atoms with Gasteiger partial charge in [-0.2, -0.15) is 8.78 Å². The first-order valence-electron chi connectivity index (χ1n) is 10.3. The summed E-state index contributed by atoms with van der Waals surface area (Å²) < 4.78 is 71.5. The van der Waals surface area contributed by atoms with Crippen LogP contribution in [0.25, 0.3) is 10.8 Å². The highest BCUT2D eigenvalue weighted by Crippen LogP contribution is 2.39. The van der Waals surface area contributed by atoms with E-state index in [1.54, 1.807) is 12.1 Å². The van der Waals surface area contributed by atoms with Crippen LogP contribution in [0.3, 0.4) is 0 Å². The van der Waals surface area contributed by atoms with Crippen molar-refractivity contribution in [2.45, 2.75) is 4.90 Å². The van der Waals surface area contributed by atoms with Crippen molar-refractivity contribution in [1.82, 2.24) is 0 Å². The molecule has 0 aliphatic heterocycles. The molecule has 4 rings (SSSR count). The van der Waals surface area contributed by atoms with E-state index >= 15 is 0 Å². The van der Waals surface area contributed by atoms with Crippen molar-refractivity contribution in [3.63, 3.8) is 0 Å². The van der Waals surface area contributed by atoms with E-state index in [2.05, 4.69) is 69.7 Å². The van der Waals surface area contributed by atoms with Gasteiger partial charge in [-0.1, -0.05) is 24.3 Å². The summed E-state index contributed by atoms with van der Waals surface area (Å²) in [5.74, 6) is -10.6. The van der Waals surface area contributed by atoms with Gasteiger partial charge in [-0.15, -0.1) is 16.0 Å². The van der Waals surface area contributed by atoms with Crippen LogP contribution in [0, 0.1) is 34.0 Å². The number of rotatable bonds is 5. The van der Waals surface area contributed by atoms with Gasteiger partial charge in [-0.25, -0.2) is 18.4 Å². The zero-order valence-corrected chi connectivity index (χ0v) is 29.1. The largest absolute Gasteiger partial charge is 0.484 e. The van der Waals surface area contributed by atoms with Crippen LogP contribution < -0.4 is 9.47 Å². The molecule has 0 spiro atoms. The molecule has 4 aromatic carbocycles. The van der Waals surface area contributed by atoms with E-state index < -0.39 is 53.9 Å². The zero-order chi connectivity index (χ0) is 28.8. The van der Waals surface area contributed by atoms with Crippen LogP contribution in [0.15, 0.2) is 53.4 Å². The molecule has 0 saturated heterocycles. The van der Waals surface area contributed by atoms with Crippen molar-refractivity contribution < 1.29 is 36.6 Å². The maximum Gasteiger partial charge on any atom is 0.344 e. The standard InChI is InChI=1S/C24H11F4I3O4P3S/c25-16-18(27)22(39(36,37)38)19(28)17(26)21(16)35-23(32)12-5-1-4-11-10(12)3-2-6-15(11)34-24(33)13-7-9(29)8-14(30)20(13)31/h1-8,36-38H/q-1. The van der Waals surface area contributed by atoms with Gasteiger partial charge >= 0.3 is 11.9 Å². The third-order valence-corrected chi connectivity index (χ3v) is 11.7. The number of hydrogen-bond acceptors (Lipinski definition) is 4. The summed E-state index contributed by atoms with van der Waals surface area (Å²) in [4.78, 5) is 25.0. The predicted octanol–water partition coefficient (Wildman–Crippen LogP) is 9.33. The Hall–Kier alpha value is -0.630. The van der Waals surface area contributed by atoms with Crippen molar-refractivity contribution in [3.05, 3.63) is 93.6 Å². The van der Waals surface area contributed by atoms with E-state index in [-0.39, 0.29) is 16.7 Å². The van der Waals surface area contributed by atoms with Gasteiger partial charge in [0.05, 0.1) is 16.0 Å². The third kappa shape index (κ3) is 6.41. The number of ether oxygens (including phenoxy) is 2. The first kappa shape index (κ1) is 31.3. The highest BCUT2D eigenvalue weighted by atomic mass is 127. The summed E-state index contributed by atoms with van der Waals surface area (Å²) in [6.45, 7) is 0. The molecule has 0 atom stereocenters. The maximum absolute atomic E-state index is 14.7. The Balaban J connectivity index is 1.73. The fraction of sp³-hybridized carbons (Fsp3) is 0. The summed E-state index contributed by atoms with van der Waals surface area (Å²) >= 11 is 6.24. The fourth-order valence-electron chi connectivity index (χ4n) is 3.51. The van der Waals surface area contributed by atoms with Crippen LogP contribution in [0.2, 0.25) is 0 Å². The highest BCUT2D eigenvalue weighted by Gasteiger charge is 2.29. The van der Waals surface area contributed by atoms with Gasteiger partial charge < -0.3 is 17.9 Å². The Morgan fingerprint density at radius 1 is 0.769 bits per heavy atom. The molecule has 0 unspecified atom stereocenters. The molecular formula is C24H11F4I3O4P3S-. The van der Waals surface area contributed by atoms with Gasteiger partial charge in [-0.05, 0) is 97.4 Å². The van der Waals surface area contributed by atoms with Crippen molar-refractivity contribution in [2.24, 2.45) is 0 Å². The van der Waals surface area contributed by atoms with Crippen LogP contribution in [0.1, 0.15) is 20.7 Å². The Kier molecular flexibility index (Phi) is 9.88. The van der Waals surface area contributed by atoms with Crippen LogP contribution in [-0.2, 0) is 8.00 Å². The second kappa shape index (κ2) is 12.3. The smallest absolute Gasteiger partial charge is 0.344 e. The Labute approximate surface area is 267 Å². The SMILES string of the molecule is O=C(Oc1cccc2c(C(=O)Oc3c(F)c(F)c(S(=P)(=P)[PH-])c(F)c3F)cccc12)c1cc(I)cc(I)c1I. The van der Waals surface area contributed by atoms with Gasteiger partial charge in [0.1, 0.15) is 5.75 Å². The fourth-order valence-corrected chi connectivity index (χ4v) is 8.21. The number of fused-ring (bicyclic) bond motifs is 1. The lowest BCUT2D eigenvalue weighted by atomic mass is 10.0. The summed E-state index contributed by atoms with van der Waals surface area (Å²) in [6.07, 6.45) is 0. The Bertz CT molecular complexity index is 1790. The molecule has 15 heteroatoms. The van der Waals surface area contributed by atoms with Crippen LogP contribution >= 0.6 is 92.2 Å². The average molecular weight is 945 g/mol. The topological polar surface area (TPSA) is 52.6 Å². The van der Waals surface area contributed by atoms with Crippen molar-refractivity contribution >= 4 is 123 Å². The van der Waals surface area contributed by atoms with E-state index in [1.807, 2.05) is 28.7 Å². The molecule has 39 heavy (non-hydrogen) atoms. The second-order valence-corrected chi connectivity index (χ2v) is 22.0. The predicted molar refractivity (Wildman–Crippen MR) is 175 cm³/mol. The van der Waals surface area contributed by atoms with Crippen LogP contribution in [-0.4, -0.2) is 11.9 Å². The summed E-state index contributed by atoms with van der Waals surface area (Å²) in [5, 5.41) is 0.525. The van der Waals surface area contributed by atoms with E-state index in [9.17, 15) is 27.2 Å². The van der Waals surface area contributed by atoms with Gasteiger partial charge in [0.15, 0.2) is 11.6 Å². The molecule has 4 aromatic rings. The molecule has 0 heterocycles. The molecule has 0 radical (unpaired) electrons. The van der Waals surface area contributed by atoms with Gasteiger partial charge in [0.25, 0.3) is 0 Å². The molecule has 0 aliphatic rings. The minimum Gasteiger partial charge on any atom is -0.484 e. The maximum atomic E-state index is 14.7. The summed E-state index contributed by atoms with van der Waals surface area (Å²) in [6, 6.07) is 12.4. The lowest BCUT2D eigenvalue weighted by Crippen LogP contribution is -2.15. The van der Waals surface area contributed by atoms with Crippen LogP contribution in [0.5, 0.6) is 11.5 Å². The molecule has 0 bridgehead atoms. The third-order valence-electron chi connectivity index (χ3n) is 5.20. The molecular weight excluding hydrogens is 934 g/mol. The molecule has 0 aliphatic carbocycles. The summed E-state index contributed by atoms with van der Waals surface area (Å²) in [7, 11) is 6.10. The molecule has 0 N–H and O–H groups in total. The van der Waals surface area contributed by atoms with Gasteiger partial charge in [0.2, 0.25) is 17.4 Å². The van der Waals surface area contributed by atoms with Crippen molar-refractivity contribution in [3.8, 4) is 11.5 Å². The monoisotopic (exact) mass is 945 g/mol. The zero-order valence-electron chi connectivity index (χ0n) is 18.8. The van der Waals surface area contributed by atoms with Crippen LogP contribution in [0.4, 0.5) is 17.6 Å². The van der Waals surface area contributed by atoms with Gasteiger partial charge in [-0.3, -0.25) is 8.00 Å². The number of benzene rings is 4. The van der Waals surface area contributed by atoms with E-state index in [0.29, 0.717) is 14.5 Å². The Morgan fingerprint density at radius 3 is 1.95 bits per heavy atom. The number of carbonyl (C=O) groups is 2. The number of halogens is 7. The van der Waals surface area contributed by atoms with E-state index in [4.69, 9.17) is 9.47 Å². The second-order valence-electron chi connectivity index (χ2n) is 7.71. The molecule has 202 valence electrons. The average Bonchev–Trinajstić information content (AvgIpc) is 2.86. The first-order chi connectivity index (χ1) is 18.2. The van der Waals surface area contributed by atoms with Gasteiger partial charge in [0, 0.05) is 16.1 Å². The minimum atomic E-state index is -2.77. The van der Waals surface area contributed by atoms with E-state index in [0.717, 1.165) is 7.14 Å². The Morgan fingerprint density at radius 2 is 1.33 bits per heavy atom.